The third-order valence-corrected chi connectivity index (χ3v) is 3.90. The summed E-state index contributed by atoms with van der Waals surface area (Å²) in [6.45, 7) is 3.51. The van der Waals surface area contributed by atoms with Crippen LogP contribution in [0.1, 0.15) is 38.2 Å². The standard InChI is InChI=1S/C15H23FN2/c1-3-17-11-13-14(16)9-6-10-15(13)18(2)12-7-4-5-8-12/h6,9-10,12,17H,3-5,7-8,11H2,1-2H3. The minimum absolute atomic E-state index is 0.0988. The maximum absolute atomic E-state index is 14.0. The average Bonchev–Trinajstić information content (AvgIpc) is 2.90. The van der Waals surface area contributed by atoms with Crippen LogP contribution < -0.4 is 10.2 Å². The van der Waals surface area contributed by atoms with E-state index in [0.29, 0.717) is 12.6 Å². The number of halogens is 1. The Kier molecular flexibility index (Phi) is 4.59. The minimum Gasteiger partial charge on any atom is -0.371 e. The van der Waals surface area contributed by atoms with E-state index >= 15 is 0 Å². The van der Waals surface area contributed by atoms with Crippen LogP contribution in [-0.2, 0) is 6.54 Å². The van der Waals surface area contributed by atoms with Gasteiger partial charge in [0, 0.05) is 30.9 Å². The van der Waals surface area contributed by atoms with E-state index in [0.717, 1.165) is 17.8 Å². The maximum Gasteiger partial charge on any atom is 0.129 e. The van der Waals surface area contributed by atoms with E-state index in [-0.39, 0.29) is 5.82 Å². The van der Waals surface area contributed by atoms with Gasteiger partial charge in [-0.05, 0) is 31.5 Å². The first-order valence-electron chi connectivity index (χ1n) is 6.95. The van der Waals surface area contributed by atoms with Gasteiger partial charge in [-0.3, -0.25) is 0 Å². The van der Waals surface area contributed by atoms with E-state index < -0.39 is 0 Å². The Morgan fingerprint density at radius 3 is 2.72 bits per heavy atom. The van der Waals surface area contributed by atoms with Crippen LogP contribution in [0.5, 0.6) is 0 Å². The van der Waals surface area contributed by atoms with Gasteiger partial charge in [0.1, 0.15) is 5.82 Å². The molecule has 1 aliphatic carbocycles. The molecule has 0 atom stereocenters. The molecule has 3 heteroatoms. The van der Waals surface area contributed by atoms with Crippen molar-refractivity contribution in [2.45, 2.75) is 45.2 Å². The summed E-state index contributed by atoms with van der Waals surface area (Å²) >= 11 is 0. The Labute approximate surface area is 109 Å². The molecule has 2 nitrogen and oxygen atoms in total. The van der Waals surface area contributed by atoms with Gasteiger partial charge in [-0.1, -0.05) is 25.8 Å². The van der Waals surface area contributed by atoms with Crippen LogP contribution in [-0.4, -0.2) is 19.6 Å². The molecule has 0 unspecified atom stereocenters. The zero-order chi connectivity index (χ0) is 13.0. The third-order valence-electron chi connectivity index (χ3n) is 3.90. The zero-order valence-corrected chi connectivity index (χ0v) is 11.4. The van der Waals surface area contributed by atoms with E-state index in [1.807, 2.05) is 19.1 Å². The Hall–Kier alpha value is -1.09. The summed E-state index contributed by atoms with van der Waals surface area (Å²) in [5.74, 6) is -0.0988. The van der Waals surface area contributed by atoms with E-state index in [1.165, 1.54) is 25.7 Å². The van der Waals surface area contributed by atoms with Gasteiger partial charge < -0.3 is 10.2 Å². The fourth-order valence-electron chi connectivity index (χ4n) is 2.79. The molecule has 0 heterocycles. The molecule has 0 aromatic heterocycles. The topological polar surface area (TPSA) is 15.3 Å². The van der Waals surface area contributed by atoms with Gasteiger partial charge in [-0.15, -0.1) is 0 Å². The molecule has 2 rings (SSSR count). The van der Waals surface area contributed by atoms with Crippen LogP contribution in [0.25, 0.3) is 0 Å². The van der Waals surface area contributed by atoms with Gasteiger partial charge in [0.25, 0.3) is 0 Å². The van der Waals surface area contributed by atoms with Crippen LogP contribution in [0.3, 0.4) is 0 Å². The molecule has 100 valence electrons. The molecule has 1 aromatic carbocycles. The molecule has 1 N–H and O–H groups in total. The van der Waals surface area contributed by atoms with Crippen molar-refractivity contribution in [2.24, 2.45) is 0 Å². The lowest BCUT2D eigenvalue weighted by Gasteiger charge is -2.29. The third kappa shape index (κ3) is 2.83. The van der Waals surface area contributed by atoms with Crippen molar-refractivity contribution in [3.8, 4) is 0 Å². The van der Waals surface area contributed by atoms with Crippen LogP contribution in [0, 0.1) is 5.82 Å². The summed E-state index contributed by atoms with van der Waals surface area (Å²) in [6, 6.07) is 5.98. The lowest BCUT2D eigenvalue weighted by atomic mass is 10.1. The first kappa shape index (κ1) is 13.3. The number of benzene rings is 1. The Morgan fingerprint density at radius 1 is 1.33 bits per heavy atom. The predicted molar refractivity (Wildman–Crippen MR) is 74.4 cm³/mol. The molecular weight excluding hydrogens is 227 g/mol. The highest BCUT2D eigenvalue weighted by Crippen LogP contribution is 2.30. The largest absolute Gasteiger partial charge is 0.371 e. The van der Waals surface area contributed by atoms with Crippen LogP contribution in [0.2, 0.25) is 0 Å². The molecule has 0 bridgehead atoms. The molecule has 0 radical (unpaired) electrons. The number of rotatable bonds is 5. The molecule has 1 aromatic rings. The van der Waals surface area contributed by atoms with Gasteiger partial charge in [0.05, 0.1) is 0 Å². The first-order valence-corrected chi connectivity index (χ1v) is 6.95. The molecule has 1 saturated carbocycles. The molecule has 18 heavy (non-hydrogen) atoms. The molecular formula is C15H23FN2. The molecule has 0 aliphatic heterocycles. The van der Waals surface area contributed by atoms with Crippen molar-refractivity contribution in [2.75, 3.05) is 18.5 Å². The van der Waals surface area contributed by atoms with E-state index in [4.69, 9.17) is 0 Å². The van der Waals surface area contributed by atoms with Crippen LogP contribution in [0.4, 0.5) is 10.1 Å². The lowest BCUT2D eigenvalue weighted by molar-refractivity contribution is 0.585. The van der Waals surface area contributed by atoms with Crippen molar-refractivity contribution in [1.82, 2.24) is 5.32 Å². The summed E-state index contributed by atoms with van der Waals surface area (Å²) < 4.78 is 14.0. The smallest absolute Gasteiger partial charge is 0.129 e. The van der Waals surface area contributed by atoms with Crippen LogP contribution >= 0.6 is 0 Å². The summed E-state index contributed by atoms with van der Waals surface area (Å²) in [6.07, 6.45) is 5.06. The van der Waals surface area contributed by atoms with Gasteiger partial charge in [0.15, 0.2) is 0 Å². The van der Waals surface area contributed by atoms with Crippen LogP contribution in [0.15, 0.2) is 18.2 Å². The van der Waals surface area contributed by atoms with Crippen molar-refractivity contribution in [3.63, 3.8) is 0 Å². The van der Waals surface area contributed by atoms with E-state index in [9.17, 15) is 4.39 Å². The average molecular weight is 250 g/mol. The Bertz CT molecular complexity index is 386. The highest BCUT2D eigenvalue weighted by Gasteiger charge is 2.22. The first-order chi connectivity index (χ1) is 8.74. The minimum atomic E-state index is -0.0988. The maximum atomic E-state index is 14.0. The second kappa shape index (κ2) is 6.19. The quantitative estimate of drug-likeness (QED) is 0.862. The Morgan fingerprint density at radius 2 is 2.06 bits per heavy atom. The van der Waals surface area contributed by atoms with E-state index in [2.05, 4.69) is 17.3 Å². The summed E-state index contributed by atoms with van der Waals surface area (Å²) in [5, 5.41) is 3.22. The fourth-order valence-corrected chi connectivity index (χ4v) is 2.79. The zero-order valence-electron chi connectivity index (χ0n) is 11.4. The predicted octanol–water partition coefficient (Wildman–Crippen LogP) is 3.31. The van der Waals surface area contributed by atoms with Gasteiger partial charge in [0.2, 0.25) is 0 Å². The van der Waals surface area contributed by atoms with Gasteiger partial charge in [-0.25, -0.2) is 4.39 Å². The molecule has 0 spiro atoms. The highest BCUT2D eigenvalue weighted by molar-refractivity contribution is 5.54. The normalized spacial score (nSPS) is 16.2. The SMILES string of the molecule is CCNCc1c(F)cccc1N(C)C1CCCC1. The summed E-state index contributed by atoms with van der Waals surface area (Å²) in [5.41, 5.74) is 1.84. The number of hydrogen-bond acceptors (Lipinski definition) is 2. The second-order valence-electron chi connectivity index (χ2n) is 5.07. The Balaban J connectivity index is 2.21. The van der Waals surface area contributed by atoms with E-state index in [1.54, 1.807) is 6.07 Å². The van der Waals surface area contributed by atoms with Crippen molar-refractivity contribution in [1.29, 1.82) is 0 Å². The highest BCUT2D eigenvalue weighted by atomic mass is 19.1. The number of anilines is 1. The number of nitrogens with zero attached hydrogens (tertiary/aromatic N) is 1. The van der Waals surface area contributed by atoms with Crippen molar-refractivity contribution in [3.05, 3.63) is 29.6 Å². The summed E-state index contributed by atoms with van der Waals surface area (Å²) in [7, 11) is 2.10. The number of hydrogen-bond donors (Lipinski definition) is 1. The van der Waals surface area contributed by atoms with Gasteiger partial charge in [-0.2, -0.15) is 0 Å². The molecule has 1 aliphatic rings. The molecule has 0 saturated heterocycles. The lowest BCUT2D eigenvalue weighted by Crippen LogP contribution is -2.30. The summed E-state index contributed by atoms with van der Waals surface area (Å²) in [4.78, 5) is 2.27. The monoisotopic (exact) mass is 250 g/mol. The fraction of sp³-hybridized carbons (Fsp3) is 0.600. The second-order valence-corrected chi connectivity index (χ2v) is 5.07. The van der Waals surface area contributed by atoms with Crippen molar-refractivity contribution < 1.29 is 4.39 Å². The van der Waals surface area contributed by atoms with Crippen molar-refractivity contribution >= 4 is 5.69 Å². The van der Waals surface area contributed by atoms with Gasteiger partial charge >= 0.3 is 0 Å². The number of nitrogens with one attached hydrogen (secondary N) is 1. The molecule has 0 amide bonds. The molecule has 1 fully saturated rings.